The maximum Gasteiger partial charge on any atom is 0.213 e. The van der Waals surface area contributed by atoms with Crippen LogP contribution in [0.25, 0.3) is 0 Å². The van der Waals surface area contributed by atoms with E-state index in [1.165, 1.54) is 11.3 Å². The van der Waals surface area contributed by atoms with Crippen molar-refractivity contribution in [3.8, 4) is 0 Å². The van der Waals surface area contributed by atoms with Crippen molar-refractivity contribution in [1.29, 1.82) is 0 Å². The molecule has 0 aromatic carbocycles. The molecular formula is C5H6ClNO2S2. The lowest BCUT2D eigenvalue weighted by molar-refractivity contribution is 0.597. The summed E-state index contributed by atoms with van der Waals surface area (Å²) < 4.78 is 21.7. The van der Waals surface area contributed by atoms with Gasteiger partial charge in [-0.15, -0.1) is 11.3 Å². The van der Waals surface area contributed by atoms with Crippen LogP contribution in [0.3, 0.4) is 0 Å². The number of halogens is 1. The summed E-state index contributed by atoms with van der Waals surface area (Å²) in [6, 6.07) is 1.59. The normalized spacial score (nSPS) is 11.8. The molecule has 0 amide bonds. The molecule has 0 fully saturated rings. The Kier molecular flexibility index (Phi) is 2.54. The van der Waals surface area contributed by atoms with Gasteiger partial charge < -0.3 is 0 Å². The average molecular weight is 212 g/mol. The number of rotatable bonds is 2. The van der Waals surface area contributed by atoms with E-state index in [-0.39, 0.29) is 5.75 Å². The van der Waals surface area contributed by atoms with Gasteiger partial charge in [0.15, 0.2) is 0 Å². The van der Waals surface area contributed by atoms with Crippen molar-refractivity contribution in [2.24, 2.45) is 5.14 Å². The van der Waals surface area contributed by atoms with Crippen molar-refractivity contribution in [3.05, 3.63) is 21.3 Å². The molecule has 0 aliphatic carbocycles. The van der Waals surface area contributed by atoms with Crippen molar-refractivity contribution < 1.29 is 8.42 Å². The van der Waals surface area contributed by atoms with Gasteiger partial charge in [0.25, 0.3) is 0 Å². The van der Waals surface area contributed by atoms with Crippen LogP contribution in [0.4, 0.5) is 0 Å². The highest BCUT2D eigenvalue weighted by Gasteiger charge is 2.05. The van der Waals surface area contributed by atoms with Gasteiger partial charge in [-0.25, -0.2) is 13.6 Å². The molecule has 0 aliphatic heterocycles. The standard InChI is InChI=1S/C5H6ClNO2S2/c6-5-1-4(2-10-5)3-11(7,8)9/h1-2H,3H2,(H2,7,8,9). The number of nitrogens with two attached hydrogens (primary N) is 1. The summed E-state index contributed by atoms with van der Waals surface area (Å²) in [4.78, 5) is 0. The Morgan fingerprint density at radius 2 is 2.27 bits per heavy atom. The zero-order chi connectivity index (χ0) is 8.48. The SMILES string of the molecule is NS(=O)(=O)Cc1csc(Cl)c1. The fraction of sp³-hybridized carbons (Fsp3) is 0.200. The van der Waals surface area contributed by atoms with Gasteiger partial charge in [0.2, 0.25) is 10.0 Å². The lowest BCUT2D eigenvalue weighted by atomic mass is 10.4. The van der Waals surface area contributed by atoms with Crippen LogP contribution in [-0.2, 0) is 15.8 Å². The molecule has 0 aliphatic rings. The van der Waals surface area contributed by atoms with E-state index in [4.69, 9.17) is 16.7 Å². The first-order valence-electron chi connectivity index (χ1n) is 2.71. The third-order valence-electron chi connectivity index (χ3n) is 0.990. The van der Waals surface area contributed by atoms with Crippen molar-refractivity contribution in [1.82, 2.24) is 0 Å². The molecule has 62 valence electrons. The maximum absolute atomic E-state index is 10.5. The summed E-state index contributed by atoms with van der Waals surface area (Å²) in [5.74, 6) is -0.143. The van der Waals surface area contributed by atoms with Crippen LogP contribution in [0.1, 0.15) is 5.56 Å². The van der Waals surface area contributed by atoms with Crippen LogP contribution in [0.15, 0.2) is 11.4 Å². The Morgan fingerprint density at radius 3 is 2.64 bits per heavy atom. The highest BCUT2D eigenvalue weighted by molar-refractivity contribution is 7.88. The molecule has 11 heavy (non-hydrogen) atoms. The quantitative estimate of drug-likeness (QED) is 0.799. The molecule has 2 N–H and O–H groups in total. The first-order valence-corrected chi connectivity index (χ1v) is 5.68. The van der Waals surface area contributed by atoms with Crippen molar-refractivity contribution in [2.45, 2.75) is 5.75 Å². The van der Waals surface area contributed by atoms with Gasteiger partial charge >= 0.3 is 0 Å². The fourth-order valence-corrected chi connectivity index (χ4v) is 2.30. The van der Waals surface area contributed by atoms with E-state index in [0.717, 1.165) is 0 Å². The van der Waals surface area contributed by atoms with Gasteiger partial charge in [0.05, 0.1) is 10.1 Å². The molecule has 1 aromatic rings. The summed E-state index contributed by atoms with van der Waals surface area (Å²) in [5, 5.41) is 6.48. The second-order valence-electron chi connectivity index (χ2n) is 2.07. The van der Waals surface area contributed by atoms with E-state index >= 15 is 0 Å². The minimum Gasteiger partial charge on any atom is -0.228 e. The van der Waals surface area contributed by atoms with Crippen LogP contribution in [0.5, 0.6) is 0 Å². The lowest BCUT2D eigenvalue weighted by Gasteiger charge is -1.91. The minimum atomic E-state index is -3.42. The van der Waals surface area contributed by atoms with Crippen LogP contribution in [0.2, 0.25) is 4.34 Å². The van der Waals surface area contributed by atoms with Crippen LogP contribution >= 0.6 is 22.9 Å². The van der Waals surface area contributed by atoms with Gasteiger partial charge in [-0.05, 0) is 17.0 Å². The highest BCUT2D eigenvalue weighted by Crippen LogP contribution is 2.20. The van der Waals surface area contributed by atoms with Crippen LogP contribution in [-0.4, -0.2) is 8.42 Å². The average Bonchev–Trinajstić information content (AvgIpc) is 2.10. The van der Waals surface area contributed by atoms with Gasteiger partial charge in [0.1, 0.15) is 0 Å². The van der Waals surface area contributed by atoms with E-state index in [0.29, 0.717) is 9.90 Å². The van der Waals surface area contributed by atoms with Crippen LogP contribution in [0, 0.1) is 0 Å². The number of primary sulfonamides is 1. The van der Waals surface area contributed by atoms with E-state index in [1.807, 2.05) is 0 Å². The Balaban J connectivity index is 2.81. The second-order valence-corrected chi connectivity index (χ2v) is 5.22. The van der Waals surface area contributed by atoms with E-state index < -0.39 is 10.0 Å². The third kappa shape index (κ3) is 3.20. The Labute approximate surface area is 73.8 Å². The molecule has 3 nitrogen and oxygen atoms in total. The highest BCUT2D eigenvalue weighted by atomic mass is 35.5. The molecule has 1 heterocycles. The summed E-state index contributed by atoms with van der Waals surface area (Å²) in [6.45, 7) is 0. The number of hydrogen-bond donors (Lipinski definition) is 1. The molecular weight excluding hydrogens is 206 g/mol. The molecule has 0 saturated carbocycles. The number of thiophene rings is 1. The zero-order valence-electron chi connectivity index (χ0n) is 5.45. The topological polar surface area (TPSA) is 60.2 Å². The number of hydrogen-bond acceptors (Lipinski definition) is 3. The van der Waals surface area contributed by atoms with Crippen molar-refractivity contribution in [3.63, 3.8) is 0 Å². The lowest BCUT2D eigenvalue weighted by Crippen LogP contribution is -2.13. The monoisotopic (exact) mass is 211 g/mol. The smallest absolute Gasteiger partial charge is 0.213 e. The molecule has 0 radical (unpaired) electrons. The zero-order valence-corrected chi connectivity index (χ0v) is 7.84. The van der Waals surface area contributed by atoms with Crippen LogP contribution < -0.4 is 5.14 Å². The Morgan fingerprint density at radius 1 is 1.64 bits per heavy atom. The number of sulfonamides is 1. The molecule has 0 saturated heterocycles. The van der Waals surface area contributed by atoms with Crippen molar-refractivity contribution >= 4 is 33.0 Å². The minimum absolute atomic E-state index is 0.143. The molecule has 1 aromatic heterocycles. The second kappa shape index (κ2) is 3.10. The molecule has 0 spiro atoms. The summed E-state index contributed by atoms with van der Waals surface area (Å²) in [6.07, 6.45) is 0. The summed E-state index contributed by atoms with van der Waals surface area (Å²) in [7, 11) is -3.42. The van der Waals surface area contributed by atoms with E-state index in [9.17, 15) is 8.42 Å². The Hall–Kier alpha value is -0.100. The van der Waals surface area contributed by atoms with E-state index in [1.54, 1.807) is 11.4 Å². The summed E-state index contributed by atoms with van der Waals surface area (Å²) in [5.41, 5.74) is 0.641. The first kappa shape index (κ1) is 8.99. The van der Waals surface area contributed by atoms with Gasteiger partial charge in [-0.2, -0.15) is 0 Å². The van der Waals surface area contributed by atoms with E-state index in [2.05, 4.69) is 0 Å². The van der Waals surface area contributed by atoms with Gasteiger partial charge in [-0.1, -0.05) is 11.6 Å². The molecule has 0 unspecified atom stereocenters. The molecule has 0 atom stereocenters. The summed E-state index contributed by atoms with van der Waals surface area (Å²) >= 11 is 6.86. The largest absolute Gasteiger partial charge is 0.228 e. The van der Waals surface area contributed by atoms with Gasteiger partial charge in [-0.3, -0.25) is 0 Å². The third-order valence-corrected chi connectivity index (χ3v) is 2.87. The first-order chi connectivity index (χ1) is 4.97. The predicted molar refractivity (Wildman–Crippen MR) is 46.1 cm³/mol. The predicted octanol–water partition coefficient (Wildman–Crippen LogP) is 1.19. The van der Waals surface area contributed by atoms with Crippen molar-refractivity contribution in [2.75, 3.05) is 0 Å². The maximum atomic E-state index is 10.5. The molecule has 0 bridgehead atoms. The fourth-order valence-electron chi connectivity index (χ4n) is 0.654. The Bertz CT molecular complexity index is 343. The molecule has 1 rings (SSSR count). The van der Waals surface area contributed by atoms with Gasteiger partial charge in [0, 0.05) is 0 Å². The molecule has 6 heteroatoms.